The number of thioether (sulfide) groups is 1. The highest BCUT2D eigenvalue weighted by molar-refractivity contribution is 7.99. The number of likely N-dealkylation sites (N-methyl/N-ethyl adjacent to an activating group) is 2. The van der Waals surface area contributed by atoms with Crippen LogP contribution in [0.1, 0.15) is 10.6 Å². The molecule has 6 heteroatoms. The van der Waals surface area contributed by atoms with Gasteiger partial charge < -0.3 is 4.90 Å². The Morgan fingerprint density at radius 1 is 1.67 bits per heavy atom. The summed E-state index contributed by atoms with van der Waals surface area (Å²) in [6.07, 6.45) is 0.905. The Morgan fingerprint density at radius 3 is 3.00 bits per heavy atom. The first-order chi connectivity index (χ1) is 8.59. The molecule has 1 fully saturated rings. The maximum atomic E-state index is 12.3. The lowest BCUT2D eigenvalue weighted by Crippen LogP contribution is -2.44. The monoisotopic (exact) mass is 285 g/mol. The van der Waals surface area contributed by atoms with Crippen LogP contribution in [0, 0.1) is 6.92 Å². The summed E-state index contributed by atoms with van der Waals surface area (Å²) in [4.78, 5) is 21.8. The van der Waals surface area contributed by atoms with Crippen LogP contribution in [0.25, 0.3) is 0 Å². The zero-order valence-corrected chi connectivity index (χ0v) is 12.7. The average molecular weight is 285 g/mol. The first-order valence-corrected chi connectivity index (χ1v) is 8.05. The lowest BCUT2D eigenvalue weighted by atomic mass is 10.2. The highest BCUT2D eigenvalue weighted by Crippen LogP contribution is 2.20. The molecule has 4 nitrogen and oxygen atoms in total. The van der Waals surface area contributed by atoms with E-state index in [2.05, 4.69) is 9.88 Å². The molecule has 2 rings (SSSR count). The van der Waals surface area contributed by atoms with Crippen molar-refractivity contribution in [1.82, 2.24) is 14.8 Å². The van der Waals surface area contributed by atoms with Crippen molar-refractivity contribution in [2.24, 2.45) is 0 Å². The van der Waals surface area contributed by atoms with Gasteiger partial charge in [-0.15, -0.1) is 23.1 Å². The number of rotatable bonds is 4. The molecule has 1 aliphatic rings. The van der Waals surface area contributed by atoms with Gasteiger partial charge in [0.15, 0.2) is 0 Å². The molecule has 0 bridgehead atoms. The number of nitrogens with zero attached hydrogens (tertiary/aromatic N) is 3. The molecule has 0 aliphatic carbocycles. The van der Waals surface area contributed by atoms with E-state index in [-0.39, 0.29) is 11.9 Å². The van der Waals surface area contributed by atoms with Crippen LogP contribution >= 0.6 is 23.1 Å². The van der Waals surface area contributed by atoms with E-state index in [1.54, 1.807) is 11.3 Å². The summed E-state index contributed by atoms with van der Waals surface area (Å²) in [5, 5.41) is 0. The molecule has 0 unspecified atom stereocenters. The predicted molar refractivity (Wildman–Crippen MR) is 77.1 cm³/mol. The van der Waals surface area contributed by atoms with Gasteiger partial charge in [0.1, 0.15) is 0 Å². The van der Waals surface area contributed by atoms with Gasteiger partial charge in [0, 0.05) is 36.5 Å². The largest absolute Gasteiger partial charge is 0.344 e. The SMILES string of the molecule is Cc1ncsc1CCN(C)C(=O)[C@@H]1CSCN1C. The summed E-state index contributed by atoms with van der Waals surface area (Å²) < 4.78 is 0. The molecule has 1 atom stereocenters. The highest BCUT2D eigenvalue weighted by Gasteiger charge is 2.30. The van der Waals surface area contributed by atoms with Crippen molar-refractivity contribution in [3.05, 3.63) is 16.1 Å². The summed E-state index contributed by atoms with van der Waals surface area (Å²) in [6.45, 7) is 2.80. The minimum absolute atomic E-state index is 0.0579. The summed E-state index contributed by atoms with van der Waals surface area (Å²) in [5.41, 5.74) is 2.96. The second-order valence-electron chi connectivity index (χ2n) is 4.64. The maximum Gasteiger partial charge on any atom is 0.240 e. The molecule has 1 aromatic heterocycles. The predicted octanol–water partition coefficient (Wildman–Crippen LogP) is 1.46. The molecule has 1 saturated heterocycles. The van der Waals surface area contributed by atoms with E-state index in [1.165, 1.54) is 4.88 Å². The molecule has 18 heavy (non-hydrogen) atoms. The Kier molecular flexibility index (Phi) is 4.64. The second-order valence-corrected chi connectivity index (χ2v) is 6.58. The topological polar surface area (TPSA) is 36.4 Å². The van der Waals surface area contributed by atoms with Gasteiger partial charge in [-0.25, -0.2) is 4.98 Å². The van der Waals surface area contributed by atoms with Crippen LogP contribution in [0.4, 0.5) is 0 Å². The van der Waals surface area contributed by atoms with Crippen molar-refractivity contribution < 1.29 is 4.79 Å². The van der Waals surface area contributed by atoms with Gasteiger partial charge in [0.05, 0.1) is 17.2 Å². The number of thiazole rings is 1. The minimum atomic E-state index is 0.0579. The lowest BCUT2D eigenvalue weighted by Gasteiger charge is -2.24. The van der Waals surface area contributed by atoms with E-state index in [1.807, 2.05) is 43.2 Å². The Balaban J connectivity index is 1.86. The average Bonchev–Trinajstić information content (AvgIpc) is 2.94. The van der Waals surface area contributed by atoms with E-state index in [0.29, 0.717) is 0 Å². The second kappa shape index (κ2) is 6.04. The third kappa shape index (κ3) is 3.05. The van der Waals surface area contributed by atoms with Gasteiger partial charge in [-0.05, 0) is 14.0 Å². The third-order valence-electron chi connectivity index (χ3n) is 3.28. The fourth-order valence-electron chi connectivity index (χ4n) is 1.99. The minimum Gasteiger partial charge on any atom is -0.344 e. The third-order valence-corrected chi connectivity index (χ3v) is 5.42. The van der Waals surface area contributed by atoms with Crippen LogP contribution in [0.15, 0.2) is 5.51 Å². The summed E-state index contributed by atoms with van der Waals surface area (Å²) in [6, 6.07) is 0.0579. The summed E-state index contributed by atoms with van der Waals surface area (Å²) in [7, 11) is 3.92. The number of carbonyl (C=O) groups excluding carboxylic acids is 1. The van der Waals surface area contributed by atoms with E-state index >= 15 is 0 Å². The van der Waals surface area contributed by atoms with Crippen LogP contribution in [0.3, 0.4) is 0 Å². The number of aromatic nitrogens is 1. The highest BCUT2D eigenvalue weighted by atomic mass is 32.2. The molecule has 1 amide bonds. The van der Waals surface area contributed by atoms with Crippen molar-refractivity contribution in [3.8, 4) is 0 Å². The number of hydrogen-bond donors (Lipinski definition) is 0. The molecule has 100 valence electrons. The van der Waals surface area contributed by atoms with E-state index < -0.39 is 0 Å². The van der Waals surface area contributed by atoms with Crippen LogP contribution in [0.5, 0.6) is 0 Å². The molecule has 1 aromatic rings. The van der Waals surface area contributed by atoms with Crippen LogP contribution in [-0.4, -0.2) is 59.0 Å². The van der Waals surface area contributed by atoms with E-state index in [4.69, 9.17) is 0 Å². The molecule has 0 aromatic carbocycles. The maximum absolute atomic E-state index is 12.3. The Bertz CT molecular complexity index is 421. The zero-order valence-electron chi connectivity index (χ0n) is 11.0. The normalized spacial score (nSPS) is 20.3. The molecule has 0 radical (unpaired) electrons. The Labute approximate surface area is 116 Å². The van der Waals surface area contributed by atoms with Crippen LogP contribution in [0.2, 0.25) is 0 Å². The van der Waals surface area contributed by atoms with Gasteiger partial charge >= 0.3 is 0 Å². The summed E-state index contributed by atoms with van der Waals surface area (Å²) in [5.74, 6) is 2.11. The number of carbonyl (C=O) groups is 1. The number of amides is 1. The van der Waals surface area contributed by atoms with Crippen molar-refractivity contribution in [3.63, 3.8) is 0 Å². The number of aryl methyl sites for hydroxylation is 1. The fraction of sp³-hybridized carbons (Fsp3) is 0.667. The molecule has 0 N–H and O–H groups in total. The van der Waals surface area contributed by atoms with Gasteiger partial charge in [-0.1, -0.05) is 0 Å². The first-order valence-electron chi connectivity index (χ1n) is 6.01. The van der Waals surface area contributed by atoms with Crippen LogP contribution in [-0.2, 0) is 11.2 Å². The Morgan fingerprint density at radius 2 is 2.44 bits per heavy atom. The van der Waals surface area contributed by atoms with Gasteiger partial charge in [-0.3, -0.25) is 9.69 Å². The summed E-state index contributed by atoms with van der Waals surface area (Å²) >= 11 is 3.50. The number of hydrogen-bond acceptors (Lipinski definition) is 5. The van der Waals surface area contributed by atoms with E-state index in [0.717, 1.165) is 30.3 Å². The van der Waals surface area contributed by atoms with E-state index in [9.17, 15) is 4.79 Å². The standard InChI is InChI=1S/C12H19N3OS2/c1-9-11(18-7-13-9)4-5-14(2)12(16)10-6-17-8-15(10)3/h7,10H,4-6,8H2,1-3H3/t10-/m0/s1. The van der Waals surface area contributed by atoms with Crippen molar-refractivity contribution in [2.45, 2.75) is 19.4 Å². The van der Waals surface area contributed by atoms with Crippen molar-refractivity contribution in [2.75, 3.05) is 32.3 Å². The Hall–Kier alpha value is -0.590. The molecule has 2 heterocycles. The van der Waals surface area contributed by atoms with Gasteiger partial charge in [-0.2, -0.15) is 0 Å². The molecular weight excluding hydrogens is 266 g/mol. The molecule has 0 saturated carbocycles. The van der Waals surface area contributed by atoms with Gasteiger partial charge in [0.25, 0.3) is 0 Å². The smallest absolute Gasteiger partial charge is 0.240 e. The molecule has 0 spiro atoms. The molecular formula is C12H19N3OS2. The fourth-order valence-corrected chi connectivity index (χ4v) is 3.95. The van der Waals surface area contributed by atoms with Crippen molar-refractivity contribution >= 4 is 29.0 Å². The lowest BCUT2D eigenvalue weighted by molar-refractivity contribution is -0.133. The first kappa shape index (κ1) is 13.8. The van der Waals surface area contributed by atoms with Crippen LogP contribution < -0.4 is 0 Å². The zero-order chi connectivity index (χ0) is 13.1. The van der Waals surface area contributed by atoms with Gasteiger partial charge in [0.2, 0.25) is 5.91 Å². The quantitative estimate of drug-likeness (QED) is 0.839. The van der Waals surface area contributed by atoms with Crippen molar-refractivity contribution in [1.29, 1.82) is 0 Å². The molecule has 1 aliphatic heterocycles.